The predicted octanol–water partition coefficient (Wildman–Crippen LogP) is 3.17. The van der Waals surface area contributed by atoms with Crippen molar-refractivity contribution in [1.29, 1.82) is 5.26 Å². The van der Waals surface area contributed by atoms with Crippen LogP contribution in [0, 0.1) is 11.3 Å². The number of nitrogen functional groups attached to an aromatic ring is 1. The quantitative estimate of drug-likeness (QED) is 0.468. The standard InChI is InChI=1S/C22H24N6OS/c23-15-22(11-4-1-5-12-22)25-20(29)14-30-21-27-26-19(28(21)24)13-17-9-6-8-16-7-2-3-10-18(16)17/h2-3,6-10H,1,4-5,11-14,24H2,(H,25,29). The topological polar surface area (TPSA) is 110 Å². The van der Waals surface area contributed by atoms with E-state index in [2.05, 4.69) is 45.8 Å². The lowest BCUT2D eigenvalue weighted by molar-refractivity contribution is -0.120. The first-order valence-corrected chi connectivity index (χ1v) is 11.1. The predicted molar refractivity (Wildman–Crippen MR) is 117 cm³/mol. The lowest BCUT2D eigenvalue weighted by Gasteiger charge is -2.31. The fraction of sp³-hybridized carbons (Fsp3) is 0.364. The van der Waals surface area contributed by atoms with Gasteiger partial charge in [0.2, 0.25) is 11.1 Å². The molecule has 0 aliphatic heterocycles. The van der Waals surface area contributed by atoms with Crippen LogP contribution in [0.1, 0.15) is 43.5 Å². The van der Waals surface area contributed by atoms with Crippen LogP contribution in [0.2, 0.25) is 0 Å². The van der Waals surface area contributed by atoms with E-state index >= 15 is 0 Å². The molecule has 1 amide bonds. The zero-order valence-corrected chi connectivity index (χ0v) is 17.5. The molecule has 1 aromatic heterocycles. The zero-order valence-electron chi connectivity index (χ0n) is 16.7. The number of hydrogen-bond acceptors (Lipinski definition) is 6. The van der Waals surface area contributed by atoms with E-state index in [9.17, 15) is 10.1 Å². The number of fused-ring (bicyclic) bond motifs is 1. The Bertz CT molecular complexity index is 1090. The summed E-state index contributed by atoms with van der Waals surface area (Å²) in [6, 6.07) is 16.6. The minimum Gasteiger partial charge on any atom is -0.337 e. The van der Waals surface area contributed by atoms with Crippen molar-refractivity contribution in [3.63, 3.8) is 0 Å². The van der Waals surface area contributed by atoms with Gasteiger partial charge in [0.1, 0.15) is 5.54 Å². The number of thioether (sulfide) groups is 1. The van der Waals surface area contributed by atoms with Gasteiger partial charge >= 0.3 is 0 Å². The van der Waals surface area contributed by atoms with Gasteiger partial charge in [0, 0.05) is 6.42 Å². The van der Waals surface area contributed by atoms with Crippen LogP contribution >= 0.6 is 11.8 Å². The molecule has 7 nitrogen and oxygen atoms in total. The minimum absolute atomic E-state index is 0.146. The number of hydrogen-bond donors (Lipinski definition) is 2. The molecule has 0 saturated heterocycles. The molecular formula is C22H24N6OS. The molecule has 30 heavy (non-hydrogen) atoms. The van der Waals surface area contributed by atoms with E-state index in [1.807, 2.05) is 18.2 Å². The Balaban J connectivity index is 1.41. The molecule has 8 heteroatoms. The highest BCUT2D eigenvalue weighted by Gasteiger charge is 2.33. The number of aromatic nitrogens is 3. The van der Waals surface area contributed by atoms with Gasteiger partial charge in [-0.25, -0.2) is 4.68 Å². The molecule has 2 aromatic carbocycles. The molecule has 1 fully saturated rings. The van der Waals surface area contributed by atoms with E-state index in [4.69, 9.17) is 5.84 Å². The summed E-state index contributed by atoms with van der Waals surface area (Å²) in [5.41, 5.74) is 0.390. The van der Waals surface area contributed by atoms with Gasteiger partial charge in [-0.3, -0.25) is 4.79 Å². The lowest BCUT2D eigenvalue weighted by Crippen LogP contribution is -2.49. The van der Waals surface area contributed by atoms with Crippen molar-refractivity contribution in [2.45, 2.75) is 49.2 Å². The summed E-state index contributed by atoms with van der Waals surface area (Å²) >= 11 is 1.23. The third-order valence-corrected chi connectivity index (χ3v) is 6.54. The minimum atomic E-state index is -0.730. The number of nitrogens with one attached hydrogen (secondary N) is 1. The molecule has 1 aliphatic rings. The van der Waals surface area contributed by atoms with E-state index < -0.39 is 5.54 Å². The van der Waals surface area contributed by atoms with E-state index in [0.29, 0.717) is 30.2 Å². The van der Waals surface area contributed by atoms with Gasteiger partial charge in [0.15, 0.2) is 5.82 Å². The number of benzene rings is 2. The largest absolute Gasteiger partial charge is 0.337 e. The molecule has 154 valence electrons. The summed E-state index contributed by atoms with van der Waals surface area (Å²) in [6.07, 6.45) is 5.02. The molecular weight excluding hydrogens is 396 g/mol. The average molecular weight is 421 g/mol. The third kappa shape index (κ3) is 4.26. The van der Waals surface area contributed by atoms with Crippen LogP contribution in [0.5, 0.6) is 0 Å². The van der Waals surface area contributed by atoms with Crippen molar-refractivity contribution in [2.75, 3.05) is 11.6 Å². The van der Waals surface area contributed by atoms with Crippen molar-refractivity contribution < 1.29 is 4.79 Å². The van der Waals surface area contributed by atoms with Crippen LogP contribution in [0.25, 0.3) is 10.8 Å². The van der Waals surface area contributed by atoms with Crippen molar-refractivity contribution in [3.8, 4) is 6.07 Å². The summed E-state index contributed by atoms with van der Waals surface area (Å²) < 4.78 is 1.44. The SMILES string of the molecule is N#CC1(NC(=O)CSc2nnc(Cc3cccc4ccccc34)n2N)CCCCC1. The Hall–Kier alpha value is -3.05. The van der Waals surface area contributed by atoms with E-state index in [0.717, 1.165) is 30.2 Å². The molecule has 1 heterocycles. The normalized spacial score (nSPS) is 15.6. The Morgan fingerprint density at radius 2 is 1.93 bits per heavy atom. The highest BCUT2D eigenvalue weighted by atomic mass is 32.2. The van der Waals surface area contributed by atoms with E-state index in [1.165, 1.54) is 21.8 Å². The maximum Gasteiger partial charge on any atom is 0.231 e. The molecule has 0 radical (unpaired) electrons. The first-order valence-electron chi connectivity index (χ1n) is 10.1. The van der Waals surface area contributed by atoms with Gasteiger partial charge in [-0.2, -0.15) is 5.26 Å². The van der Waals surface area contributed by atoms with Gasteiger partial charge in [-0.05, 0) is 29.2 Å². The average Bonchev–Trinajstić information content (AvgIpc) is 3.12. The highest BCUT2D eigenvalue weighted by molar-refractivity contribution is 7.99. The van der Waals surface area contributed by atoms with E-state index in [1.54, 1.807) is 0 Å². The molecule has 3 N–H and O–H groups in total. The van der Waals surface area contributed by atoms with Crippen LogP contribution in [0.4, 0.5) is 0 Å². The molecule has 1 saturated carbocycles. The van der Waals surface area contributed by atoms with Crippen LogP contribution in [-0.2, 0) is 11.2 Å². The fourth-order valence-electron chi connectivity index (χ4n) is 4.00. The highest BCUT2D eigenvalue weighted by Crippen LogP contribution is 2.28. The Morgan fingerprint density at radius 3 is 2.73 bits per heavy atom. The first-order chi connectivity index (χ1) is 14.6. The fourth-order valence-corrected chi connectivity index (χ4v) is 4.67. The molecule has 0 spiro atoms. The maximum atomic E-state index is 12.4. The second kappa shape index (κ2) is 8.76. The number of carbonyl (C=O) groups is 1. The molecule has 0 unspecified atom stereocenters. The Labute approximate surface area is 179 Å². The van der Waals surface area contributed by atoms with Crippen LogP contribution in [0.15, 0.2) is 47.6 Å². The van der Waals surface area contributed by atoms with Gasteiger partial charge in [-0.15, -0.1) is 10.2 Å². The Morgan fingerprint density at radius 1 is 1.17 bits per heavy atom. The van der Waals surface area contributed by atoms with Crippen LogP contribution < -0.4 is 11.2 Å². The smallest absolute Gasteiger partial charge is 0.231 e. The second-order valence-corrected chi connectivity index (χ2v) is 8.62. The van der Waals surface area contributed by atoms with Crippen LogP contribution in [-0.4, -0.2) is 32.1 Å². The van der Waals surface area contributed by atoms with Gasteiger partial charge in [0.25, 0.3) is 0 Å². The zero-order chi connectivity index (χ0) is 21.0. The van der Waals surface area contributed by atoms with Crippen molar-refractivity contribution in [3.05, 3.63) is 53.9 Å². The monoisotopic (exact) mass is 420 g/mol. The maximum absolute atomic E-state index is 12.4. The summed E-state index contributed by atoms with van der Waals surface area (Å²) in [6.45, 7) is 0. The van der Waals surface area contributed by atoms with E-state index in [-0.39, 0.29) is 11.7 Å². The number of carbonyl (C=O) groups excluding carboxylic acids is 1. The summed E-state index contributed by atoms with van der Waals surface area (Å²) in [7, 11) is 0. The number of nitriles is 1. The number of rotatable bonds is 6. The van der Waals surface area contributed by atoms with Crippen molar-refractivity contribution in [2.24, 2.45) is 0 Å². The van der Waals surface area contributed by atoms with Gasteiger partial charge in [-0.1, -0.05) is 73.5 Å². The van der Waals surface area contributed by atoms with Gasteiger partial charge in [0.05, 0.1) is 11.8 Å². The second-order valence-electron chi connectivity index (χ2n) is 7.68. The molecule has 3 aromatic rings. The van der Waals surface area contributed by atoms with Crippen LogP contribution in [0.3, 0.4) is 0 Å². The first kappa shape index (κ1) is 20.2. The van der Waals surface area contributed by atoms with Gasteiger partial charge < -0.3 is 11.2 Å². The van der Waals surface area contributed by atoms with Crippen molar-refractivity contribution >= 4 is 28.4 Å². The number of amides is 1. The van der Waals surface area contributed by atoms with Crippen molar-refractivity contribution in [1.82, 2.24) is 20.2 Å². The molecule has 0 atom stereocenters. The summed E-state index contributed by atoms with van der Waals surface area (Å²) in [5, 5.41) is 23.6. The molecule has 1 aliphatic carbocycles. The molecule has 0 bridgehead atoms. The third-order valence-electron chi connectivity index (χ3n) is 5.60. The number of nitrogens with two attached hydrogens (primary N) is 1. The lowest BCUT2D eigenvalue weighted by atomic mass is 9.83. The molecule has 4 rings (SSSR count). The summed E-state index contributed by atoms with van der Waals surface area (Å²) in [5.74, 6) is 6.81. The Kier molecular flexibility index (Phi) is 5.91. The summed E-state index contributed by atoms with van der Waals surface area (Å²) in [4.78, 5) is 12.4. The number of nitrogens with zero attached hydrogens (tertiary/aromatic N) is 4.